The summed E-state index contributed by atoms with van der Waals surface area (Å²) in [6.45, 7) is 1.01. The Bertz CT molecular complexity index is 794. The van der Waals surface area contributed by atoms with E-state index in [9.17, 15) is 26.4 Å². The number of nitrogens with two attached hydrogens (primary N) is 1. The van der Waals surface area contributed by atoms with Gasteiger partial charge in [0.15, 0.2) is 15.6 Å². The van der Waals surface area contributed by atoms with Gasteiger partial charge in [0.2, 0.25) is 0 Å². The number of ether oxygens (including phenoxy) is 1. The second-order valence-corrected chi connectivity index (χ2v) is 7.27. The number of rotatable bonds is 4. The third-order valence-electron chi connectivity index (χ3n) is 2.03. The van der Waals surface area contributed by atoms with Gasteiger partial charge in [0.1, 0.15) is 9.79 Å². The molecule has 0 aliphatic heterocycles. The lowest BCUT2D eigenvalue weighted by Gasteiger charge is -2.12. The molecule has 21 heavy (non-hydrogen) atoms. The van der Waals surface area contributed by atoms with Gasteiger partial charge in [-0.1, -0.05) is 6.07 Å². The van der Waals surface area contributed by atoms with E-state index in [0.29, 0.717) is 6.26 Å². The molecule has 11 heteroatoms. The van der Waals surface area contributed by atoms with Gasteiger partial charge >= 0.3 is 22.2 Å². The van der Waals surface area contributed by atoms with Crippen LogP contribution in [-0.2, 0) is 28.9 Å². The number of sulfone groups is 1. The van der Waals surface area contributed by atoms with Crippen LogP contribution in [0.25, 0.3) is 0 Å². The molecule has 2 N–H and O–H groups in total. The molecule has 0 aromatic heterocycles. The predicted octanol–water partition coefficient (Wildman–Crippen LogP) is -0.201. The average Bonchev–Trinajstić information content (AvgIpc) is 2.24. The number of carbonyl (C=O) groups excluding carboxylic acids is 2. The normalized spacial score (nSPS) is 11.7. The van der Waals surface area contributed by atoms with Crippen molar-refractivity contribution in [1.29, 1.82) is 0 Å². The number of primary amides is 1. The quantitative estimate of drug-likeness (QED) is 0.451. The van der Waals surface area contributed by atoms with Crippen molar-refractivity contribution in [2.45, 2.75) is 16.7 Å². The molecule has 0 unspecified atom stereocenters. The topological polar surface area (TPSA) is 147 Å². The van der Waals surface area contributed by atoms with Crippen LogP contribution in [-0.4, -0.2) is 35.2 Å². The Kier molecular flexibility index (Phi) is 4.59. The maximum Gasteiger partial charge on any atom is 0.420 e. The first-order valence-corrected chi connectivity index (χ1v) is 8.50. The summed E-state index contributed by atoms with van der Waals surface area (Å²) in [5.74, 6) is -1.36. The lowest BCUT2D eigenvalue weighted by Crippen LogP contribution is -2.21. The Morgan fingerprint density at radius 1 is 1.14 bits per heavy atom. The van der Waals surface area contributed by atoms with E-state index >= 15 is 0 Å². The van der Waals surface area contributed by atoms with Crippen molar-refractivity contribution in [3.05, 3.63) is 18.2 Å². The van der Waals surface area contributed by atoms with Crippen LogP contribution in [0.5, 0.6) is 5.75 Å². The lowest BCUT2D eigenvalue weighted by atomic mass is 10.3. The van der Waals surface area contributed by atoms with Crippen LogP contribution < -0.4 is 10.5 Å². The zero-order valence-electron chi connectivity index (χ0n) is 10.9. The van der Waals surface area contributed by atoms with Gasteiger partial charge in [-0.3, -0.25) is 4.79 Å². The van der Waals surface area contributed by atoms with Crippen molar-refractivity contribution in [3.8, 4) is 5.75 Å². The summed E-state index contributed by atoms with van der Waals surface area (Å²) in [6, 6.07) is 3.08. The third-order valence-corrected chi connectivity index (χ3v) is 4.58. The summed E-state index contributed by atoms with van der Waals surface area (Å²) >= 11 is 0. The number of amides is 1. The molecule has 1 aromatic carbocycles. The van der Waals surface area contributed by atoms with Crippen molar-refractivity contribution < 1.29 is 35.3 Å². The van der Waals surface area contributed by atoms with Crippen LogP contribution in [0, 0.1) is 0 Å². The summed E-state index contributed by atoms with van der Waals surface area (Å²) in [4.78, 5) is 19.9. The summed E-state index contributed by atoms with van der Waals surface area (Å²) in [5.41, 5.74) is 4.62. The van der Waals surface area contributed by atoms with Gasteiger partial charge in [-0.05, 0) is 12.1 Å². The smallest absolute Gasteiger partial charge is 0.420 e. The lowest BCUT2D eigenvalue weighted by molar-refractivity contribution is -0.132. The molecule has 0 fully saturated rings. The van der Waals surface area contributed by atoms with E-state index in [0.717, 1.165) is 25.1 Å². The molecule has 0 heterocycles. The number of hydrogen-bond acceptors (Lipinski definition) is 8. The zero-order valence-corrected chi connectivity index (χ0v) is 12.5. The Morgan fingerprint density at radius 2 is 1.71 bits per heavy atom. The van der Waals surface area contributed by atoms with Gasteiger partial charge < -0.3 is 14.7 Å². The van der Waals surface area contributed by atoms with Gasteiger partial charge in [0, 0.05) is 13.2 Å². The first-order chi connectivity index (χ1) is 9.45. The number of hydrogen-bond donors (Lipinski definition) is 1. The van der Waals surface area contributed by atoms with Crippen LogP contribution in [0.1, 0.15) is 6.92 Å². The van der Waals surface area contributed by atoms with E-state index in [1.54, 1.807) is 0 Å². The van der Waals surface area contributed by atoms with Crippen LogP contribution in [0.3, 0.4) is 0 Å². The highest BCUT2D eigenvalue weighted by Gasteiger charge is 2.30. The van der Waals surface area contributed by atoms with Gasteiger partial charge in [0.05, 0.1) is 0 Å². The molecule has 1 amide bonds. The standard InChI is InChI=1S/C10H11NO8S2/c1-6(12)18-7-4-3-5-8(9(7)20(2,14)15)21(16,17)19-10(11)13/h3-5H,1-2H3,(H2,11,13). The highest BCUT2D eigenvalue weighted by Crippen LogP contribution is 2.31. The van der Waals surface area contributed by atoms with Crippen molar-refractivity contribution in [1.82, 2.24) is 0 Å². The number of benzene rings is 1. The predicted molar refractivity (Wildman–Crippen MR) is 68.7 cm³/mol. The number of carbonyl (C=O) groups is 2. The fraction of sp³-hybridized carbons (Fsp3) is 0.200. The van der Waals surface area contributed by atoms with Gasteiger partial charge in [-0.15, -0.1) is 0 Å². The summed E-state index contributed by atoms with van der Waals surface area (Å²) in [7, 11) is -8.89. The van der Waals surface area contributed by atoms with E-state index in [1.807, 2.05) is 0 Å². The Balaban J connectivity index is 3.68. The van der Waals surface area contributed by atoms with Crippen LogP contribution >= 0.6 is 0 Å². The minimum Gasteiger partial charge on any atom is -0.425 e. The van der Waals surface area contributed by atoms with Crippen molar-refractivity contribution in [2.24, 2.45) is 5.73 Å². The summed E-state index contributed by atoms with van der Waals surface area (Å²) < 4.78 is 55.7. The molecule has 0 spiro atoms. The van der Waals surface area contributed by atoms with Crippen LogP contribution in [0.15, 0.2) is 28.0 Å². The molecule has 9 nitrogen and oxygen atoms in total. The van der Waals surface area contributed by atoms with Crippen molar-refractivity contribution in [3.63, 3.8) is 0 Å². The molecule has 1 aromatic rings. The molecular weight excluding hydrogens is 326 g/mol. The number of esters is 1. The van der Waals surface area contributed by atoms with E-state index in [1.165, 1.54) is 0 Å². The third kappa shape index (κ3) is 4.16. The van der Waals surface area contributed by atoms with Crippen LogP contribution in [0.4, 0.5) is 4.79 Å². The molecule has 0 saturated heterocycles. The fourth-order valence-electron chi connectivity index (χ4n) is 1.45. The Hall–Kier alpha value is -2.14. The largest absolute Gasteiger partial charge is 0.425 e. The van der Waals surface area contributed by atoms with E-state index in [2.05, 4.69) is 14.7 Å². The van der Waals surface area contributed by atoms with Gasteiger partial charge in [-0.25, -0.2) is 13.2 Å². The maximum absolute atomic E-state index is 11.8. The average molecular weight is 337 g/mol. The van der Waals surface area contributed by atoms with E-state index in [4.69, 9.17) is 0 Å². The first kappa shape index (κ1) is 16.9. The molecule has 0 saturated carbocycles. The molecule has 0 aliphatic carbocycles. The van der Waals surface area contributed by atoms with Gasteiger partial charge in [0.25, 0.3) is 0 Å². The Morgan fingerprint density at radius 3 is 2.14 bits per heavy atom. The van der Waals surface area contributed by atoms with Crippen LogP contribution in [0.2, 0.25) is 0 Å². The molecule has 116 valence electrons. The zero-order chi connectivity index (χ0) is 16.4. The SMILES string of the molecule is CC(=O)Oc1cccc(S(=O)(=O)OC(N)=O)c1S(C)(=O)=O. The first-order valence-electron chi connectivity index (χ1n) is 5.20. The summed E-state index contributed by atoms with van der Waals surface area (Å²) in [5, 5.41) is 0. The fourth-order valence-corrected chi connectivity index (χ4v) is 3.99. The molecule has 0 aliphatic rings. The monoisotopic (exact) mass is 337 g/mol. The minimum absolute atomic E-state index is 0.501. The molecular formula is C10H11NO8S2. The van der Waals surface area contributed by atoms with E-state index < -0.39 is 47.6 Å². The second-order valence-electron chi connectivity index (χ2n) is 3.81. The molecule has 1 rings (SSSR count). The van der Waals surface area contributed by atoms with E-state index in [-0.39, 0.29) is 0 Å². The molecule has 0 atom stereocenters. The van der Waals surface area contributed by atoms with Gasteiger partial charge in [-0.2, -0.15) is 8.42 Å². The Labute approximate surface area is 120 Å². The highest BCUT2D eigenvalue weighted by atomic mass is 32.2. The molecule has 0 radical (unpaired) electrons. The minimum atomic E-state index is -4.78. The highest BCUT2D eigenvalue weighted by molar-refractivity contribution is 7.92. The van der Waals surface area contributed by atoms with Crippen molar-refractivity contribution in [2.75, 3.05) is 6.26 Å². The maximum atomic E-state index is 11.8. The molecule has 0 bridgehead atoms. The second kappa shape index (κ2) is 5.69. The van der Waals surface area contributed by atoms with Crippen molar-refractivity contribution >= 4 is 32.0 Å². The summed E-state index contributed by atoms with van der Waals surface area (Å²) in [6.07, 6.45) is -0.925.